The lowest BCUT2D eigenvalue weighted by Crippen LogP contribution is -2.67. The van der Waals surface area contributed by atoms with Crippen molar-refractivity contribution < 1.29 is 39.2 Å². The van der Waals surface area contributed by atoms with E-state index < -0.39 is 40.6 Å². The third-order valence-electron chi connectivity index (χ3n) is 6.42. The molecule has 0 aromatic carbocycles. The Morgan fingerprint density at radius 1 is 0.788 bits per heavy atom. The van der Waals surface area contributed by atoms with Gasteiger partial charge in [0.05, 0.1) is 0 Å². The Morgan fingerprint density at radius 3 is 1.76 bits per heavy atom. The number of hydrogen-bond donors (Lipinski definition) is 3. The number of Topliss-reactive ketones (excluding diaryl/α,β-unsaturated/α-hetero) is 1. The van der Waals surface area contributed by atoms with Gasteiger partial charge in [0.25, 0.3) is 0 Å². The van der Waals surface area contributed by atoms with E-state index >= 15 is 0 Å². The van der Waals surface area contributed by atoms with Crippen molar-refractivity contribution >= 4 is 23.7 Å². The molecule has 0 heterocycles. The first-order valence-electron chi connectivity index (χ1n) is 12.3. The predicted octanol–water partition coefficient (Wildman–Crippen LogP) is 5.17. The first-order chi connectivity index (χ1) is 15.4. The van der Waals surface area contributed by atoms with Crippen LogP contribution in [0.4, 0.5) is 0 Å². The molecule has 0 aromatic rings. The van der Waals surface area contributed by atoms with E-state index in [2.05, 4.69) is 13.8 Å². The zero-order valence-corrected chi connectivity index (χ0v) is 21.0. The number of carboxylic acids is 3. The number of ketones is 1. The van der Waals surface area contributed by atoms with Crippen LogP contribution in [0, 0.1) is 17.3 Å². The molecule has 0 amide bonds. The number of carbonyl (C=O) groups is 4. The molecule has 0 saturated heterocycles. The van der Waals surface area contributed by atoms with Gasteiger partial charge in [-0.2, -0.15) is 0 Å². The molecule has 0 saturated carbocycles. The molecule has 3 unspecified atom stereocenters. The van der Waals surface area contributed by atoms with Crippen LogP contribution < -0.4 is 0 Å². The summed E-state index contributed by atoms with van der Waals surface area (Å²) in [5, 5.41) is 30.7. The van der Waals surface area contributed by atoms with Crippen molar-refractivity contribution in [3.8, 4) is 0 Å². The standard InChI is InChI=1S/C25H44O8/c1-6-8-15-24(22(29)30,16-13-11-10-12-14-18(3)4)25(23(31)32,33-17-9-7-2)20(19(5)26)21(27)28/h18,20H,6-17H2,1-5H3,(H,27,28)(H,29,30)(H,31,32). The maximum Gasteiger partial charge on any atom is 0.338 e. The van der Waals surface area contributed by atoms with Gasteiger partial charge in [0, 0.05) is 6.61 Å². The second kappa shape index (κ2) is 15.0. The number of rotatable bonds is 20. The Morgan fingerprint density at radius 2 is 1.33 bits per heavy atom. The van der Waals surface area contributed by atoms with Crippen LogP contribution in [-0.2, 0) is 23.9 Å². The molecule has 0 radical (unpaired) electrons. The minimum absolute atomic E-state index is 0.0699. The Kier molecular flexibility index (Phi) is 14.1. The van der Waals surface area contributed by atoms with Crippen molar-refractivity contribution in [1.82, 2.24) is 0 Å². The third-order valence-corrected chi connectivity index (χ3v) is 6.42. The van der Waals surface area contributed by atoms with Crippen molar-refractivity contribution in [2.75, 3.05) is 6.61 Å². The molecule has 33 heavy (non-hydrogen) atoms. The molecule has 8 heteroatoms. The van der Waals surface area contributed by atoms with Crippen LogP contribution in [0.5, 0.6) is 0 Å². The number of unbranched alkanes of at least 4 members (excludes halogenated alkanes) is 5. The van der Waals surface area contributed by atoms with Gasteiger partial charge in [-0.1, -0.05) is 79.1 Å². The van der Waals surface area contributed by atoms with Gasteiger partial charge in [-0.3, -0.25) is 14.4 Å². The van der Waals surface area contributed by atoms with Crippen LogP contribution in [0.25, 0.3) is 0 Å². The van der Waals surface area contributed by atoms with Gasteiger partial charge in [-0.15, -0.1) is 0 Å². The van der Waals surface area contributed by atoms with E-state index in [1.165, 1.54) is 0 Å². The molecule has 0 spiro atoms. The van der Waals surface area contributed by atoms with Crippen molar-refractivity contribution in [1.29, 1.82) is 0 Å². The summed E-state index contributed by atoms with van der Waals surface area (Å²) in [4.78, 5) is 50.3. The van der Waals surface area contributed by atoms with E-state index in [9.17, 15) is 34.5 Å². The predicted molar refractivity (Wildman–Crippen MR) is 125 cm³/mol. The van der Waals surface area contributed by atoms with Gasteiger partial charge in [-0.05, 0) is 32.1 Å². The summed E-state index contributed by atoms with van der Waals surface area (Å²) < 4.78 is 5.77. The average Bonchev–Trinajstić information content (AvgIpc) is 2.70. The summed E-state index contributed by atoms with van der Waals surface area (Å²) in [6.45, 7) is 8.79. The number of ether oxygens (including phenoxy) is 1. The SMILES string of the molecule is CCCCOC(C(=O)O)(C(C(C)=O)C(=O)O)C(CCCC)(CCCCCCC(C)C)C(=O)O. The second-order valence-electron chi connectivity index (χ2n) is 9.46. The molecule has 0 rings (SSSR count). The Balaban J connectivity index is 6.52. The fourth-order valence-electron chi connectivity index (χ4n) is 4.58. The molecule has 0 aliphatic rings. The third kappa shape index (κ3) is 8.09. The maximum atomic E-state index is 12.8. The summed E-state index contributed by atoms with van der Waals surface area (Å²) in [5.41, 5.74) is -4.74. The van der Waals surface area contributed by atoms with Crippen molar-refractivity contribution in [3.05, 3.63) is 0 Å². The molecular weight excluding hydrogens is 428 g/mol. The zero-order valence-electron chi connectivity index (χ0n) is 21.0. The van der Waals surface area contributed by atoms with Gasteiger partial charge < -0.3 is 20.1 Å². The quantitative estimate of drug-likeness (QED) is 0.163. The smallest absolute Gasteiger partial charge is 0.338 e. The highest BCUT2D eigenvalue weighted by Crippen LogP contribution is 2.49. The topological polar surface area (TPSA) is 138 Å². The molecule has 0 aliphatic heterocycles. The van der Waals surface area contributed by atoms with E-state index in [-0.39, 0.29) is 19.4 Å². The highest BCUT2D eigenvalue weighted by atomic mass is 16.5. The Hall–Kier alpha value is -1.96. The fourth-order valence-corrected chi connectivity index (χ4v) is 4.58. The van der Waals surface area contributed by atoms with Crippen LogP contribution in [0.2, 0.25) is 0 Å². The molecule has 0 bridgehead atoms. The summed E-state index contributed by atoms with van der Waals surface area (Å²) in [7, 11) is 0. The summed E-state index contributed by atoms with van der Waals surface area (Å²) in [5.74, 6) is -7.31. The molecule has 8 nitrogen and oxygen atoms in total. The van der Waals surface area contributed by atoms with Gasteiger partial charge in [0.15, 0.2) is 5.92 Å². The lowest BCUT2D eigenvalue weighted by molar-refractivity contribution is -0.219. The van der Waals surface area contributed by atoms with Crippen LogP contribution >= 0.6 is 0 Å². The highest BCUT2D eigenvalue weighted by molar-refractivity contribution is 6.06. The minimum Gasteiger partial charge on any atom is -0.481 e. The highest BCUT2D eigenvalue weighted by Gasteiger charge is 2.69. The molecular formula is C25H44O8. The average molecular weight is 473 g/mol. The zero-order chi connectivity index (χ0) is 25.7. The van der Waals surface area contributed by atoms with Crippen LogP contribution in [0.3, 0.4) is 0 Å². The largest absolute Gasteiger partial charge is 0.481 e. The number of hydrogen-bond acceptors (Lipinski definition) is 5. The molecule has 0 aliphatic carbocycles. The first-order valence-corrected chi connectivity index (χ1v) is 12.3. The number of carboxylic acid groups (broad SMARTS) is 3. The summed E-state index contributed by atoms with van der Waals surface area (Å²) in [6.07, 6.45) is 5.85. The molecule has 0 aromatic heterocycles. The van der Waals surface area contributed by atoms with E-state index in [0.29, 0.717) is 44.4 Å². The number of aliphatic carboxylic acids is 3. The molecule has 192 valence electrons. The summed E-state index contributed by atoms with van der Waals surface area (Å²) >= 11 is 0. The van der Waals surface area contributed by atoms with Crippen LogP contribution in [0.15, 0.2) is 0 Å². The van der Waals surface area contributed by atoms with Gasteiger partial charge in [0.2, 0.25) is 5.60 Å². The second-order valence-corrected chi connectivity index (χ2v) is 9.46. The summed E-state index contributed by atoms with van der Waals surface area (Å²) in [6, 6.07) is 0. The molecule has 0 fully saturated rings. The molecule has 3 N–H and O–H groups in total. The normalized spacial score (nSPS) is 16.1. The van der Waals surface area contributed by atoms with Gasteiger partial charge in [0.1, 0.15) is 11.2 Å². The first kappa shape index (κ1) is 31.0. The maximum absolute atomic E-state index is 12.8. The van der Waals surface area contributed by atoms with E-state index in [1.807, 2.05) is 13.8 Å². The van der Waals surface area contributed by atoms with Gasteiger partial charge in [-0.25, -0.2) is 4.79 Å². The van der Waals surface area contributed by atoms with E-state index in [1.54, 1.807) is 0 Å². The fraction of sp³-hybridized carbons (Fsp3) is 0.840. The van der Waals surface area contributed by atoms with Crippen molar-refractivity contribution in [3.63, 3.8) is 0 Å². The van der Waals surface area contributed by atoms with Crippen LogP contribution in [-0.4, -0.2) is 51.2 Å². The molecule has 3 atom stereocenters. The van der Waals surface area contributed by atoms with E-state index in [0.717, 1.165) is 26.2 Å². The van der Waals surface area contributed by atoms with E-state index in [4.69, 9.17) is 4.74 Å². The van der Waals surface area contributed by atoms with Crippen LogP contribution in [0.1, 0.15) is 105 Å². The van der Waals surface area contributed by atoms with Gasteiger partial charge >= 0.3 is 17.9 Å². The lowest BCUT2D eigenvalue weighted by atomic mass is 9.59. The van der Waals surface area contributed by atoms with Crippen molar-refractivity contribution in [2.45, 2.75) is 111 Å². The number of carbonyl (C=O) groups excluding carboxylic acids is 1. The Labute approximate surface area is 198 Å². The Bertz CT molecular complexity index is 630. The van der Waals surface area contributed by atoms with Crippen molar-refractivity contribution in [2.24, 2.45) is 17.3 Å². The monoisotopic (exact) mass is 472 g/mol. The lowest BCUT2D eigenvalue weighted by Gasteiger charge is -2.47. The minimum atomic E-state index is -2.70.